The summed E-state index contributed by atoms with van der Waals surface area (Å²) in [7, 11) is -2.34. The molecule has 2 aromatic rings. The van der Waals surface area contributed by atoms with Gasteiger partial charge in [-0.15, -0.1) is 0 Å². The lowest BCUT2D eigenvalue weighted by molar-refractivity contribution is 0.401. The number of nitrogens with one attached hydrogen (secondary N) is 1. The molecule has 1 unspecified atom stereocenters. The molecular weight excluding hydrogens is 346 g/mol. The van der Waals surface area contributed by atoms with Gasteiger partial charge >= 0.3 is 0 Å². The highest BCUT2D eigenvalue weighted by molar-refractivity contribution is 7.89. The Morgan fingerprint density at radius 1 is 1.12 bits per heavy atom. The quantitative estimate of drug-likeness (QED) is 0.788. The minimum absolute atomic E-state index is 0.0437. The van der Waals surface area contributed by atoms with Crippen molar-refractivity contribution in [3.8, 4) is 5.75 Å². The second kappa shape index (κ2) is 8.01. The first kappa shape index (κ1) is 18.8. The van der Waals surface area contributed by atoms with E-state index in [0.29, 0.717) is 17.4 Å². The largest absolute Gasteiger partial charge is 0.495 e. The minimum atomic E-state index is -3.78. The van der Waals surface area contributed by atoms with Gasteiger partial charge in [-0.2, -0.15) is 0 Å². The van der Waals surface area contributed by atoms with E-state index >= 15 is 0 Å². The van der Waals surface area contributed by atoms with Gasteiger partial charge in [0.15, 0.2) is 0 Å². The molecule has 130 valence electrons. The van der Waals surface area contributed by atoms with Crippen molar-refractivity contribution < 1.29 is 13.2 Å². The summed E-state index contributed by atoms with van der Waals surface area (Å²) in [5.74, 6) is 0.599. The molecule has 0 saturated heterocycles. The van der Waals surface area contributed by atoms with Crippen LogP contribution in [0.5, 0.6) is 5.75 Å². The van der Waals surface area contributed by atoms with Gasteiger partial charge in [-0.3, -0.25) is 0 Å². The third-order valence-corrected chi connectivity index (χ3v) is 5.35. The average molecular weight is 368 g/mol. The summed E-state index contributed by atoms with van der Waals surface area (Å²) in [6.45, 7) is 4.12. The van der Waals surface area contributed by atoms with Gasteiger partial charge < -0.3 is 4.74 Å². The molecule has 0 radical (unpaired) electrons. The average Bonchev–Trinajstić information content (AvgIpc) is 2.54. The van der Waals surface area contributed by atoms with Crippen molar-refractivity contribution in [2.45, 2.75) is 31.2 Å². The number of sulfonamides is 1. The number of ether oxygens (including phenoxy) is 1. The number of methoxy groups -OCH3 is 1. The van der Waals surface area contributed by atoms with E-state index < -0.39 is 10.0 Å². The van der Waals surface area contributed by atoms with Crippen LogP contribution in [0.15, 0.2) is 53.4 Å². The Labute approximate surface area is 148 Å². The SMILES string of the molecule is COc1ccc(Cl)cc1S(=O)(=O)NC(CC(C)C)c1ccccc1. The van der Waals surface area contributed by atoms with Gasteiger partial charge in [0.05, 0.1) is 7.11 Å². The van der Waals surface area contributed by atoms with Gasteiger partial charge in [0.2, 0.25) is 10.0 Å². The molecule has 6 heteroatoms. The highest BCUT2D eigenvalue weighted by Gasteiger charge is 2.25. The third kappa shape index (κ3) is 4.72. The van der Waals surface area contributed by atoms with Crippen LogP contribution in [0, 0.1) is 5.92 Å². The lowest BCUT2D eigenvalue weighted by Crippen LogP contribution is -2.30. The fourth-order valence-electron chi connectivity index (χ4n) is 2.52. The fraction of sp³-hybridized carbons (Fsp3) is 0.333. The van der Waals surface area contributed by atoms with Gasteiger partial charge in [-0.25, -0.2) is 13.1 Å². The summed E-state index contributed by atoms with van der Waals surface area (Å²) in [6.07, 6.45) is 0.687. The Hall–Kier alpha value is -1.56. The first-order valence-electron chi connectivity index (χ1n) is 7.74. The van der Waals surface area contributed by atoms with Crippen molar-refractivity contribution in [3.05, 3.63) is 59.1 Å². The summed E-state index contributed by atoms with van der Waals surface area (Å²) in [6, 6.07) is 13.8. The topological polar surface area (TPSA) is 55.4 Å². The summed E-state index contributed by atoms with van der Waals surface area (Å²) in [5, 5.41) is 0.344. The molecule has 1 N–H and O–H groups in total. The second-order valence-corrected chi connectivity index (χ2v) is 8.13. The Bertz CT molecular complexity index is 776. The number of halogens is 1. The molecule has 0 heterocycles. The maximum Gasteiger partial charge on any atom is 0.244 e. The van der Waals surface area contributed by atoms with Crippen molar-refractivity contribution >= 4 is 21.6 Å². The predicted octanol–water partition coefficient (Wildman–Crippen LogP) is 4.41. The molecule has 1 atom stereocenters. The maximum atomic E-state index is 12.9. The zero-order valence-electron chi connectivity index (χ0n) is 14.0. The lowest BCUT2D eigenvalue weighted by atomic mass is 9.98. The van der Waals surface area contributed by atoms with Crippen LogP contribution in [0.1, 0.15) is 31.9 Å². The number of rotatable bonds is 7. The van der Waals surface area contributed by atoms with Crippen molar-refractivity contribution in [2.75, 3.05) is 7.11 Å². The van der Waals surface area contributed by atoms with E-state index in [9.17, 15) is 8.42 Å². The first-order chi connectivity index (χ1) is 11.3. The van der Waals surface area contributed by atoms with E-state index in [0.717, 1.165) is 5.56 Å². The number of hydrogen-bond donors (Lipinski definition) is 1. The molecule has 0 aliphatic heterocycles. The molecule has 2 rings (SSSR count). The second-order valence-electron chi connectivity index (χ2n) is 6.01. The Balaban J connectivity index is 2.39. The van der Waals surface area contributed by atoms with Crippen molar-refractivity contribution in [3.63, 3.8) is 0 Å². The van der Waals surface area contributed by atoms with E-state index in [1.165, 1.54) is 13.2 Å². The Morgan fingerprint density at radius 2 is 1.79 bits per heavy atom. The molecule has 0 fully saturated rings. The van der Waals surface area contributed by atoms with Crippen LogP contribution < -0.4 is 9.46 Å². The van der Waals surface area contributed by atoms with Crippen LogP contribution in [-0.2, 0) is 10.0 Å². The molecule has 0 aromatic heterocycles. The summed E-state index contributed by atoms with van der Waals surface area (Å²) in [5.41, 5.74) is 0.927. The highest BCUT2D eigenvalue weighted by Crippen LogP contribution is 2.30. The van der Waals surface area contributed by atoms with E-state index in [1.807, 2.05) is 30.3 Å². The first-order valence-corrected chi connectivity index (χ1v) is 9.60. The maximum absolute atomic E-state index is 12.9. The standard InChI is InChI=1S/C18H22ClNO3S/c1-13(2)11-16(14-7-5-4-6-8-14)20-24(21,22)18-12-15(19)9-10-17(18)23-3/h4-10,12-13,16,20H,11H2,1-3H3. The molecule has 4 nitrogen and oxygen atoms in total. The smallest absolute Gasteiger partial charge is 0.244 e. The fourth-order valence-corrected chi connectivity index (χ4v) is 4.19. The van der Waals surface area contributed by atoms with E-state index in [4.69, 9.17) is 16.3 Å². The third-order valence-electron chi connectivity index (χ3n) is 3.62. The van der Waals surface area contributed by atoms with Gasteiger partial charge in [-0.1, -0.05) is 55.8 Å². The Kier molecular flexibility index (Phi) is 6.27. The van der Waals surface area contributed by atoms with Crippen LogP contribution in [-0.4, -0.2) is 15.5 Å². The highest BCUT2D eigenvalue weighted by atomic mass is 35.5. The van der Waals surface area contributed by atoms with Crippen LogP contribution in [0.3, 0.4) is 0 Å². The van der Waals surface area contributed by atoms with Crippen LogP contribution >= 0.6 is 11.6 Å². The minimum Gasteiger partial charge on any atom is -0.495 e. The monoisotopic (exact) mass is 367 g/mol. The van der Waals surface area contributed by atoms with Crippen molar-refractivity contribution in [1.82, 2.24) is 4.72 Å². The van der Waals surface area contributed by atoms with Crippen LogP contribution in [0.2, 0.25) is 5.02 Å². The summed E-state index contributed by atoms with van der Waals surface area (Å²) < 4.78 is 33.7. The van der Waals surface area contributed by atoms with E-state index in [2.05, 4.69) is 18.6 Å². The summed E-state index contributed by atoms with van der Waals surface area (Å²) in [4.78, 5) is 0.0437. The van der Waals surface area contributed by atoms with Crippen LogP contribution in [0.25, 0.3) is 0 Å². The lowest BCUT2D eigenvalue weighted by Gasteiger charge is -2.22. The molecule has 0 bridgehead atoms. The molecule has 0 amide bonds. The molecular formula is C18H22ClNO3S. The van der Waals surface area contributed by atoms with Crippen LogP contribution in [0.4, 0.5) is 0 Å². The van der Waals surface area contributed by atoms with Gasteiger partial charge in [0.1, 0.15) is 10.6 Å². The normalized spacial score (nSPS) is 13.0. The Morgan fingerprint density at radius 3 is 2.38 bits per heavy atom. The number of hydrogen-bond acceptors (Lipinski definition) is 3. The van der Waals surface area contributed by atoms with Crippen molar-refractivity contribution in [1.29, 1.82) is 0 Å². The predicted molar refractivity (Wildman–Crippen MR) is 97.0 cm³/mol. The zero-order valence-corrected chi connectivity index (χ0v) is 15.6. The molecule has 2 aromatic carbocycles. The summed E-state index contributed by atoms with van der Waals surface area (Å²) >= 11 is 5.97. The van der Waals surface area contributed by atoms with Crippen molar-refractivity contribution in [2.24, 2.45) is 5.92 Å². The zero-order chi connectivity index (χ0) is 17.7. The molecule has 0 aliphatic rings. The number of benzene rings is 2. The molecule has 0 aliphatic carbocycles. The van der Waals surface area contributed by atoms with E-state index in [1.54, 1.807) is 12.1 Å². The van der Waals surface area contributed by atoms with E-state index in [-0.39, 0.29) is 16.7 Å². The van der Waals surface area contributed by atoms with Gasteiger partial charge in [0, 0.05) is 11.1 Å². The van der Waals surface area contributed by atoms with Gasteiger partial charge in [-0.05, 0) is 36.1 Å². The molecule has 0 spiro atoms. The molecule has 0 saturated carbocycles. The molecule has 24 heavy (non-hydrogen) atoms. The van der Waals surface area contributed by atoms with Gasteiger partial charge in [0.25, 0.3) is 0 Å².